The van der Waals surface area contributed by atoms with Crippen LogP contribution in [0.25, 0.3) is 0 Å². The summed E-state index contributed by atoms with van der Waals surface area (Å²) in [6, 6.07) is 5.58. The SMILES string of the molecule is [B]c1ccc2c(c1)C(=NC#N)CC1(CCCCC1)O2. The molecule has 1 aliphatic carbocycles. The van der Waals surface area contributed by atoms with Crippen LogP contribution < -0.4 is 10.2 Å². The van der Waals surface area contributed by atoms with Gasteiger partial charge in [0.05, 0.1) is 5.71 Å². The quantitative estimate of drug-likeness (QED) is 0.523. The van der Waals surface area contributed by atoms with Crippen molar-refractivity contribution in [1.29, 1.82) is 5.26 Å². The van der Waals surface area contributed by atoms with Crippen LogP contribution in [0, 0.1) is 11.5 Å². The number of fused-ring (bicyclic) bond motifs is 1. The highest BCUT2D eigenvalue weighted by Gasteiger charge is 2.40. The lowest BCUT2D eigenvalue weighted by Gasteiger charge is -2.41. The first-order valence-electron chi connectivity index (χ1n) is 6.77. The number of nitriles is 1. The summed E-state index contributed by atoms with van der Waals surface area (Å²) in [5.74, 6) is 0.816. The predicted octanol–water partition coefficient (Wildman–Crippen LogP) is 2.24. The average molecular weight is 250 g/mol. The largest absolute Gasteiger partial charge is 0.486 e. The number of rotatable bonds is 0. The Morgan fingerprint density at radius 2 is 2.05 bits per heavy atom. The molecule has 1 aromatic rings. The van der Waals surface area contributed by atoms with Gasteiger partial charge in [0.1, 0.15) is 19.2 Å². The summed E-state index contributed by atoms with van der Waals surface area (Å²) < 4.78 is 6.25. The molecule has 19 heavy (non-hydrogen) atoms. The molecule has 94 valence electrons. The monoisotopic (exact) mass is 250 g/mol. The molecule has 0 atom stereocenters. The van der Waals surface area contributed by atoms with E-state index in [2.05, 4.69) is 4.99 Å². The Hall–Kier alpha value is -1.76. The van der Waals surface area contributed by atoms with Gasteiger partial charge >= 0.3 is 0 Å². The molecule has 4 heteroatoms. The molecule has 3 nitrogen and oxygen atoms in total. The van der Waals surface area contributed by atoms with Crippen molar-refractivity contribution in [2.75, 3.05) is 0 Å². The molecular formula is C15H15BN2O. The molecule has 1 spiro atoms. The van der Waals surface area contributed by atoms with Crippen LogP contribution in [-0.4, -0.2) is 19.2 Å². The minimum Gasteiger partial charge on any atom is -0.486 e. The second-order valence-electron chi connectivity index (χ2n) is 5.44. The average Bonchev–Trinajstić information content (AvgIpc) is 2.41. The van der Waals surface area contributed by atoms with Crippen LogP contribution >= 0.6 is 0 Å². The third-order valence-electron chi connectivity index (χ3n) is 4.08. The molecule has 0 bridgehead atoms. The smallest absolute Gasteiger partial charge is 0.205 e. The van der Waals surface area contributed by atoms with Crippen molar-refractivity contribution < 1.29 is 4.74 Å². The van der Waals surface area contributed by atoms with Crippen LogP contribution in [0.3, 0.4) is 0 Å². The molecule has 1 saturated carbocycles. The second kappa shape index (κ2) is 4.73. The van der Waals surface area contributed by atoms with E-state index in [1.807, 2.05) is 24.4 Å². The van der Waals surface area contributed by atoms with Crippen molar-refractivity contribution in [3.05, 3.63) is 23.8 Å². The topological polar surface area (TPSA) is 45.4 Å². The van der Waals surface area contributed by atoms with E-state index in [1.54, 1.807) is 0 Å². The highest BCUT2D eigenvalue weighted by molar-refractivity contribution is 6.33. The van der Waals surface area contributed by atoms with Crippen molar-refractivity contribution in [3.8, 4) is 11.9 Å². The summed E-state index contributed by atoms with van der Waals surface area (Å²) in [7, 11) is 5.82. The molecule has 0 amide bonds. The van der Waals surface area contributed by atoms with Gasteiger partial charge in [0, 0.05) is 12.0 Å². The maximum Gasteiger partial charge on any atom is 0.205 e. The van der Waals surface area contributed by atoms with Gasteiger partial charge in [-0.3, -0.25) is 0 Å². The van der Waals surface area contributed by atoms with Crippen LogP contribution in [0.4, 0.5) is 0 Å². The van der Waals surface area contributed by atoms with Crippen LogP contribution in [0.15, 0.2) is 23.2 Å². The van der Waals surface area contributed by atoms with Gasteiger partial charge in [-0.05, 0) is 31.7 Å². The number of hydrogen-bond donors (Lipinski definition) is 0. The maximum atomic E-state index is 8.89. The summed E-state index contributed by atoms with van der Waals surface area (Å²) in [4.78, 5) is 4.00. The van der Waals surface area contributed by atoms with Gasteiger partial charge in [-0.2, -0.15) is 10.3 Å². The van der Waals surface area contributed by atoms with Crippen molar-refractivity contribution in [2.24, 2.45) is 4.99 Å². The zero-order valence-corrected chi connectivity index (χ0v) is 10.9. The fraction of sp³-hybridized carbons (Fsp3) is 0.467. The van der Waals surface area contributed by atoms with Crippen LogP contribution in [0.5, 0.6) is 5.75 Å². The molecule has 0 aromatic heterocycles. The molecule has 2 aliphatic rings. The van der Waals surface area contributed by atoms with Gasteiger partial charge in [0.15, 0.2) is 0 Å². The van der Waals surface area contributed by atoms with E-state index in [1.165, 1.54) is 19.3 Å². The number of ether oxygens (including phenoxy) is 1. The van der Waals surface area contributed by atoms with Gasteiger partial charge in [0.2, 0.25) is 6.19 Å². The van der Waals surface area contributed by atoms with E-state index in [4.69, 9.17) is 17.8 Å². The molecular weight excluding hydrogens is 235 g/mol. The van der Waals surface area contributed by atoms with Gasteiger partial charge < -0.3 is 4.74 Å². The third-order valence-corrected chi connectivity index (χ3v) is 4.08. The minimum atomic E-state index is -0.156. The van der Waals surface area contributed by atoms with Crippen molar-refractivity contribution in [1.82, 2.24) is 0 Å². The Labute approximate surface area is 114 Å². The Kier molecular flexibility index (Phi) is 3.06. The van der Waals surface area contributed by atoms with Crippen LogP contribution in [-0.2, 0) is 0 Å². The second-order valence-corrected chi connectivity index (χ2v) is 5.44. The Morgan fingerprint density at radius 3 is 2.79 bits per heavy atom. The van der Waals surface area contributed by atoms with E-state index >= 15 is 0 Å². The first-order valence-corrected chi connectivity index (χ1v) is 6.77. The lowest BCUT2D eigenvalue weighted by atomic mass is 9.77. The molecule has 1 fully saturated rings. The first-order chi connectivity index (χ1) is 9.22. The minimum absolute atomic E-state index is 0.156. The van der Waals surface area contributed by atoms with Gasteiger partial charge in [0.25, 0.3) is 0 Å². The normalized spacial score (nSPS) is 22.6. The summed E-state index contributed by atoms with van der Waals surface area (Å²) >= 11 is 0. The van der Waals surface area contributed by atoms with E-state index < -0.39 is 0 Å². The Bertz CT molecular complexity index is 568. The Balaban J connectivity index is 2.05. The lowest BCUT2D eigenvalue weighted by Crippen LogP contribution is -2.44. The fourth-order valence-corrected chi connectivity index (χ4v) is 3.17. The van der Waals surface area contributed by atoms with Gasteiger partial charge in [-0.1, -0.05) is 24.0 Å². The highest BCUT2D eigenvalue weighted by atomic mass is 16.5. The number of aliphatic imine (C=N–C) groups is 1. The third kappa shape index (κ3) is 2.25. The van der Waals surface area contributed by atoms with E-state index in [0.29, 0.717) is 5.46 Å². The molecule has 2 radical (unpaired) electrons. The summed E-state index contributed by atoms with van der Waals surface area (Å²) in [6.45, 7) is 0. The lowest BCUT2D eigenvalue weighted by molar-refractivity contribution is 0.0322. The van der Waals surface area contributed by atoms with Gasteiger partial charge in [-0.25, -0.2) is 0 Å². The molecule has 1 aliphatic heterocycles. The first kappa shape index (κ1) is 12.3. The molecule has 0 saturated heterocycles. The van der Waals surface area contributed by atoms with Crippen molar-refractivity contribution in [3.63, 3.8) is 0 Å². The van der Waals surface area contributed by atoms with E-state index in [9.17, 15) is 0 Å². The highest BCUT2D eigenvalue weighted by Crippen LogP contribution is 2.41. The number of hydrogen-bond acceptors (Lipinski definition) is 3. The number of benzene rings is 1. The van der Waals surface area contributed by atoms with Crippen LogP contribution in [0.1, 0.15) is 44.1 Å². The maximum absolute atomic E-state index is 8.89. The zero-order valence-electron chi connectivity index (χ0n) is 10.9. The molecule has 3 rings (SSSR count). The van der Waals surface area contributed by atoms with E-state index in [-0.39, 0.29) is 5.60 Å². The van der Waals surface area contributed by atoms with Crippen molar-refractivity contribution in [2.45, 2.75) is 44.1 Å². The van der Waals surface area contributed by atoms with Gasteiger partial charge in [-0.15, -0.1) is 0 Å². The molecule has 1 aromatic carbocycles. The summed E-state index contributed by atoms with van der Waals surface area (Å²) in [6.07, 6.45) is 8.35. The molecule has 0 unspecified atom stereocenters. The molecule has 1 heterocycles. The molecule has 0 N–H and O–H groups in total. The summed E-state index contributed by atoms with van der Waals surface area (Å²) in [5.41, 5.74) is 2.21. The van der Waals surface area contributed by atoms with Crippen molar-refractivity contribution >= 4 is 19.0 Å². The summed E-state index contributed by atoms with van der Waals surface area (Å²) in [5, 5.41) is 8.89. The standard InChI is InChI=1S/C15H15BN2O/c16-11-4-5-14-12(8-11)13(18-10-17)9-15(19-14)6-2-1-3-7-15/h4-5,8H,1-3,6-7,9H2. The number of nitrogens with zero attached hydrogens (tertiary/aromatic N) is 2. The van der Waals surface area contributed by atoms with Crippen LogP contribution in [0.2, 0.25) is 0 Å². The fourth-order valence-electron chi connectivity index (χ4n) is 3.17. The zero-order chi connectivity index (χ0) is 13.3. The Morgan fingerprint density at radius 1 is 1.26 bits per heavy atom. The predicted molar refractivity (Wildman–Crippen MR) is 75.0 cm³/mol. The van der Waals surface area contributed by atoms with E-state index in [0.717, 1.165) is 36.3 Å².